The van der Waals surface area contributed by atoms with Crippen LogP contribution in [0.3, 0.4) is 0 Å². The summed E-state index contributed by atoms with van der Waals surface area (Å²) in [6.07, 6.45) is -1.80. The van der Waals surface area contributed by atoms with Crippen LogP contribution in [-0.2, 0) is 12.6 Å². The molecular weight excluding hydrogens is 295 g/mol. The van der Waals surface area contributed by atoms with Gasteiger partial charge < -0.3 is 10.1 Å². The molecule has 1 aromatic heterocycles. The van der Waals surface area contributed by atoms with Crippen LogP contribution in [0.15, 0.2) is 30.5 Å². The van der Waals surface area contributed by atoms with E-state index in [-0.39, 0.29) is 12.0 Å². The number of nitrogens with one attached hydrogen (secondary N) is 1. The molecule has 0 amide bonds. The van der Waals surface area contributed by atoms with E-state index in [9.17, 15) is 13.2 Å². The molecule has 0 fully saturated rings. The summed E-state index contributed by atoms with van der Waals surface area (Å²) >= 11 is 0. The van der Waals surface area contributed by atoms with Crippen molar-refractivity contribution in [1.29, 1.82) is 0 Å². The Kier molecular flexibility index (Phi) is 3.64. The first-order valence-electron chi connectivity index (χ1n) is 6.81. The van der Waals surface area contributed by atoms with Crippen LogP contribution in [-0.4, -0.2) is 17.1 Å². The summed E-state index contributed by atoms with van der Waals surface area (Å²) in [4.78, 5) is 7.42. The van der Waals surface area contributed by atoms with E-state index in [0.717, 1.165) is 42.0 Å². The minimum Gasteiger partial charge on any atom is -0.496 e. The fourth-order valence-electron chi connectivity index (χ4n) is 2.70. The maximum absolute atomic E-state index is 12.7. The van der Waals surface area contributed by atoms with Crippen molar-refractivity contribution in [3.63, 3.8) is 0 Å². The van der Waals surface area contributed by atoms with Gasteiger partial charge in [0, 0.05) is 6.20 Å². The Morgan fingerprint density at radius 2 is 2.09 bits per heavy atom. The third-order valence-electron chi connectivity index (χ3n) is 3.70. The fraction of sp³-hybridized carbons (Fsp3) is 0.333. The van der Waals surface area contributed by atoms with Crippen LogP contribution in [0.5, 0.6) is 5.75 Å². The Hall–Kier alpha value is -2.31. The summed E-state index contributed by atoms with van der Waals surface area (Å²) in [6, 6.07) is 6.42. The smallest absolute Gasteiger partial charge is 0.433 e. The van der Waals surface area contributed by atoms with Gasteiger partial charge in [0.15, 0.2) is 0 Å². The number of hydrogen-bond donors (Lipinski definition) is 1. The van der Waals surface area contributed by atoms with Crippen LogP contribution in [0.2, 0.25) is 0 Å². The lowest BCUT2D eigenvalue weighted by Gasteiger charge is -2.15. The van der Waals surface area contributed by atoms with Gasteiger partial charge in [-0.1, -0.05) is 12.1 Å². The Morgan fingerprint density at radius 3 is 2.82 bits per heavy atom. The van der Waals surface area contributed by atoms with E-state index in [0.29, 0.717) is 0 Å². The first kappa shape index (κ1) is 14.6. The highest BCUT2D eigenvalue weighted by molar-refractivity contribution is 5.48. The van der Waals surface area contributed by atoms with Crippen molar-refractivity contribution in [2.24, 2.45) is 0 Å². The highest BCUT2D eigenvalue weighted by atomic mass is 19.4. The number of alkyl halides is 3. The molecule has 4 nitrogen and oxygen atoms in total. The molecule has 22 heavy (non-hydrogen) atoms. The summed E-state index contributed by atoms with van der Waals surface area (Å²) in [5, 5.41) is 2.98. The molecule has 0 saturated heterocycles. The number of hydrogen-bond acceptors (Lipinski definition) is 4. The van der Waals surface area contributed by atoms with Crippen LogP contribution in [0.25, 0.3) is 0 Å². The highest BCUT2D eigenvalue weighted by Gasteiger charge is 2.33. The summed E-state index contributed by atoms with van der Waals surface area (Å²) < 4.78 is 43.4. The quantitative estimate of drug-likeness (QED) is 0.941. The fourth-order valence-corrected chi connectivity index (χ4v) is 2.70. The number of anilines is 1. The molecule has 0 aliphatic heterocycles. The molecule has 7 heteroatoms. The SMILES string of the molecule is COc1cccc2c1CCC2Nc1nccc(C(F)(F)F)n1. The molecule has 0 radical (unpaired) electrons. The van der Waals surface area contributed by atoms with Crippen molar-refractivity contribution in [3.05, 3.63) is 47.3 Å². The molecule has 2 aromatic rings. The van der Waals surface area contributed by atoms with Gasteiger partial charge in [-0.3, -0.25) is 0 Å². The number of nitrogens with zero attached hydrogens (tertiary/aromatic N) is 2. The van der Waals surface area contributed by atoms with E-state index < -0.39 is 11.9 Å². The third kappa shape index (κ3) is 2.70. The largest absolute Gasteiger partial charge is 0.496 e. The minimum absolute atomic E-state index is 0.0181. The van der Waals surface area contributed by atoms with E-state index >= 15 is 0 Å². The van der Waals surface area contributed by atoms with E-state index in [1.165, 1.54) is 0 Å². The van der Waals surface area contributed by atoms with E-state index in [4.69, 9.17) is 4.74 Å². The molecule has 0 saturated carbocycles. The topological polar surface area (TPSA) is 47.0 Å². The maximum atomic E-state index is 12.7. The average Bonchev–Trinajstić information content (AvgIpc) is 2.90. The predicted octanol–water partition coefficient (Wildman–Crippen LogP) is 3.60. The van der Waals surface area contributed by atoms with Gasteiger partial charge in [0.2, 0.25) is 5.95 Å². The summed E-state index contributed by atoms with van der Waals surface area (Å²) in [5.41, 5.74) is 1.14. The average molecular weight is 309 g/mol. The van der Waals surface area contributed by atoms with Gasteiger partial charge in [-0.2, -0.15) is 13.2 Å². The molecule has 1 N–H and O–H groups in total. The maximum Gasteiger partial charge on any atom is 0.433 e. The zero-order chi connectivity index (χ0) is 15.7. The molecule has 1 unspecified atom stereocenters. The minimum atomic E-state index is -4.48. The van der Waals surface area contributed by atoms with Crippen molar-refractivity contribution in [2.75, 3.05) is 12.4 Å². The molecular formula is C15H14F3N3O. The standard InChI is InChI=1S/C15H14F3N3O/c1-22-12-4-2-3-9-10(12)5-6-11(9)20-14-19-8-7-13(21-14)15(16,17)18/h2-4,7-8,11H,5-6H2,1H3,(H,19,20,21). The number of aromatic nitrogens is 2. The van der Waals surface area contributed by atoms with E-state index in [1.807, 2.05) is 18.2 Å². The summed E-state index contributed by atoms with van der Waals surface area (Å²) in [6.45, 7) is 0. The molecule has 1 aliphatic carbocycles. The molecule has 1 atom stereocenters. The molecule has 1 aromatic carbocycles. The van der Waals surface area contributed by atoms with Gasteiger partial charge in [0.25, 0.3) is 0 Å². The van der Waals surface area contributed by atoms with E-state index in [1.54, 1.807) is 7.11 Å². The lowest BCUT2D eigenvalue weighted by molar-refractivity contribution is -0.141. The van der Waals surface area contributed by atoms with Crippen molar-refractivity contribution < 1.29 is 17.9 Å². The zero-order valence-corrected chi connectivity index (χ0v) is 11.8. The Labute approximate surface area is 125 Å². The van der Waals surface area contributed by atoms with Crippen LogP contribution in [0.4, 0.5) is 19.1 Å². The first-order valence-corrected chi connectivity index (χ1v) is 6.81. The molecule has 1 aliphatic rings. The summed E-state index contributed by atoms with van der Waals surface area (Å²) in [5.74, 6) is 0.780. The lowest BCUT2D eigenvalue weighted by Crippen LogP contribution is -2.14. The molecule has 3 rings (SSSR count). The number of ether oxygens (including phenoxy) is 1. The van der Waals surface area contributed by atoms with Crippen molar-refractivity contribution in [3.8, 4) is 5.75 Å². The molecule has 1 heterocycles. The van der Waals surface area contributed by atoms with Crippen molar-refractivity contribution in [2.45, 2.75) is 25.1 Å². The monoisotopic (exact) mass is 309 g/mol. The molecule has 0 bridgehead atoms. The third-order valence-corrected chi connectivity index (χ3v) is 3.70. The summed E-state index contributed by atoms with van der Waals surface area (Å²) in [7, 11) is 1.60. The number of fused-ring (bicyclic) bond motifs is 1. The van der Waals surface area contributed by atoms with Gasteiger partial charge in [-0.15, -0.1) is 0 Å². The first-order chi connectivity index (χ1) is 10.5. The van der Waals surface area contributed by atoms with Crippen LogP contribution in [0, 0.1) is 0 Å². The second-order valence-electron chi connectivity index (χ2n) is 5.03. The Morgan fingerprint density at radius 1 is 1.27 bits per heavy atom. The zero-order valence-electron chi connectivity index (χ0n) is 11.8. The van der Waals surface area contributed by atoms with E-state index in [2.05, 4.69) is 15.3 Å². The predicted molar refractivity (Wildman–Crippen MR) is 74.7 cm³/mol. The second kappa shape index (κ2) is 5.47. The Balaban J connectivity index is 1.85. The highest BCUT2D eigenvalue weighted by Crippen LogP contribution is 2.38. The van der Waals surface area contributed by atoms with Gasteiger partial charge in [0.1, 0.15) is 11.4 Å². The number of rotatable bonds is 3. The van der Waals surface area contributed by atoms with Gasteiger partial charge in [-0.05, 0) is 36.1 Å². The lowest BCUT2D eigenvalue weighted by atomic mass is 10.1. The number of benzene rings is 1. The number of methoxy groups -OCH3 is 1. The molecule has 0 spiro atoms. The van der Waals surface area contributed by atoms with Gasteiger partial charge in [0.05, 0.1) is 13.2 Å². The normalized spacial score (nSPS) is 17.2. The van der Waals surface area contributed by atoms with Crippen molar-refractivity contribution in [1.82, 2.24) is 9.97 Å². The second-order valence-corrected chi connectivity index (χ2v) is 5.03. The van der Waals surface area contributed by atoms with Crippen LogP contribution in [0.1, 0.15) is 29.3 Å². The Bertz CT molecular complexity index is 688. The van der Waals surface area contributed by atoms with Crippen molar-refractivity contribution >= 4 is 5.95 Å². The van der Waals surface area contributed by atoms with Gasteiger partial charge >= 0.3 is 6.18 Å². The van der Waals surface area contributed by atoms with Gasteiger partial charge in [-0.25, -0.2) is 9.97 Å². The van der Waals surface area contributed by atoms with Crippen LogP contribution < -0.4 is 10.1 Å². The molecule has 116 valence electrons. The number of halogens is 3. The van der Waals surface area contributed by atoms with Crippen LogP contribution >= 0.6 is 0 Å².